The Labute approximate surface area is 90.5 Å². The van der Waals surface area contributed by atoms with E-state index in [4.69, 9.17) is 23.2 Å². The molecule has 0 atom stereocenters. The van der Waals surface area contributed by atoms with Gasteiger partial charge in [-0.3, -0.25) is 4.79 Å². The van der Waals surface area contributed by atoms with Gasteiger partial charge in [-0.05, 0) is 18.6 Å². The van der Waals surface area contributed by atoms with Crippen molar-refractivity contribution in [1.82, 2.24) is 4.98 Å². The molecule has 1 aromatic carbocycles. The van der Waals surface area contributed by atoms with Gasteiger partial charge in [0.25, 0.3) is 0 Å². The van der Waals surface area contributed by atoms with E-state index in [-0.39, 0.29) is 5.43 Å². The van der Waals surface area contributed by atoms with Crippen molar-refractivity contribution in [3.05, 3.63) is 44.2 Å². The van der Waals surface area contributed by atoms with Gasteiger partial charge in [-0.2, -0.15) is 0 Å². The van der Waals surface area contributed by atoms with Crippen LogP contribution >= 0.6 is 23.2 Å². The molecule has 0 spiro atoms. The van der Waals surface area contributed by atoms with E-state index in [0.29, 0.717) is 20.9 Å². The molecule has 2 rings (SSSR count). The van der Waals surface area contributed by atoms with Crippen molar-refractivity contribution in [2.75, 3.05) is 0 Å². The molecular weight excluding hydrogens is 221 g/mol. The molecular formula is C10H7Cl2NO. The first-order valence-electron chi connectivity index (χ1n) is 4.07. The molecule has 2 nitrogen and oxygen atoms in total. The van der Waals surface area contributed by atoms with Crippen molar-refractivity contribution in [2.45, 2.75) is 6.92 Å². The third-order valence-corrected chi connectivity index (χ3v) is 2.89. The minimum Gasteiger partial charge on any atom is -0.360 e. The molecule has 0 aliphatic heterocycles. The molecule has 0 saturated heterocycles. The van der Waals surface area contributed by atoms with Crippen LogP contribution in [0.3, 0.4) is 0 Å². The average molecular weight is 228 g/mol. The molecule has 0 amide bonds. The van der Waals surface area contributed by atoms with Gasteiger partial charge >= 0.3 is 0 Å². The summed E-state index contributed by atoms with van der Waals surface area (Å²) in [5.74, 6) is 0. The van der Waals surface area contributed by atoms with Crippen molar-refractivity contribution in [1.29, 1.82) is 0 Å². The number of hydrogen-bond acceptors (Lipinski definition) is 1. The number of aromatic nitrogens is 1. The monoisotopic (exact) mass is 227 g/mol. The number of H-pyrrole nitrogens is 1. The van der Waals surface area contributed by atoms with Crippen LogP contribution in [0, 0.1) is 6.92 Å². The number of rotatable bonds is 0. The topological polar surface area (TPSA) is 32.9 Å². The van der Waals surface area contributed by atoms with Crippen molar-refractivity contribution in [3.63, 3.8) is 0 Å². The maximum absolute atomic E-state index is 11.5. The van der Waals surface area contributed by atoms with Gasteiger partial charge in [0.1, 0.15) is 0 Å². The number of aryl methyl sites for hydroxylation is 1. The fourth-order valence-electron chi connectivity index (χ4n) is 1.41. The third kappa shape index (κ3) is 1.31. The minimum absolute atomic E-state index is 0.116. The SMILES string of the molecule is Cc1cc(Cl)c2[nH]ccc(=O)c2c1Cl. The van der Waals surface area contributed by atoms with Crippen LogP contribution in [0.2, 0.25) is 10.0 Å². The Bertz CT molecular complexity index is 560. The second kappa shape index (κ2) is 3.30. The lowest BCUT2D eigenvalue weighted by molar-refractivity contribution is 1.37. The summed E-state index contributed by atoms with van der Waals surface area (Å²) in [6.45, 7) is 1.82. The van der Waals surface area contributed by atoms with Gasteiger partial charge in [0.05, 0.1) is 20.9 Å². The molecule has 0 fully saturated rings. The highest BCUT2D eigenvalue weighted by Crippen LogP contribution is 2.28. The second-order valence-corrected chi connectivity index (χ2v) is 3.87. The molecule has 1 heterocycles. The Balaban J connectivity index is 3.11. The van der Waals surface area contributed by atoms with Crippen molar-refractivity contribution in [2.24, 2.45) is 0 Å². The Hall–Kier alpha value is -0.990. The summed E-state index contributed by atoms with van der Waals surface area (Å²) in [6, 6.07) is 3.17. The molecule has 1 N–H and O–H groups in total. The largest absolute Gasteiger partial charge is 0.360 e. The van der Waals surface area contributed by atoms with E-state index in [0.717, 1.165) is 5.56 Å². The molecule has 1 aromatic heterocycles. The molecule has 0 radical (unpaired) electrons. The smallest absolute Gasteiger partial charge is 0.190 e. The normalized spacial score (nSPS) is 10.8. The third-order valence-electron chi connectivity index (χ3n) is 2.11. The lowest BCUT2D eigenvalue weighted by Gasteiger charge is -2.04. The van der Waals surface area contributed by atoms with Crippen LogP contribution in [-0.4, -0.2) is 4.98 Å². The van der Waals surface area contributed by atoms with Crippen LogP contribution in [0.5, 0.6) is 0 Å². The van der Waals surface area contributed by atoms with E-state index in [1.807, 2.05) is 6.92 Å². The first-order valence-corrected chi connectivity index (χ1v) is 4.83. The number of halogens is 2. The molecule has 0 bridgehead atoms. The first kappa shape index (κ1) is 9.56. The summed E-state index contributed by atoms with van der Waals surface area (Å²) in [5.41, 5.74) is 1.28. The highest BCUT2D eigenvalue weighted by molar-refractivity contribution is 6.40. The van der Waals surface area contributed by atoms with Crippen LogP contribution in [0.1, 0.15) is 5.56 Å². The Morgan fingerprint density at radius 1 is 1.36 bits per heavy atom. The summed E-state index contributed by atoms with van der Waals surface area (Å²) >= 11 is 12.0. The van der Waals surface area contributed by atoms with Crippen LogP contribution in [0.25, 0.3) is 10.9 Å². The van der Waals surface area contributed by atoms with E-state index in [1.165, 1.54) is 6.07 Å². The molecule has 14 heavy (non-hydrogen) atoms. The van der Waals surface area contributed by atoms with E-state index in [9.17, 15) is 4.79 Å². The first-order chi connectivity index (χ1) is 6.61. The minimum atomic E-state index is -0.116. The molecule has 72 valence electrons. The maximum Gasteiger partial charge on any atom is 0.190 e. The van der Waals surface area contributed by atoms with Gasteiger partial charge in [0.2, 0.25) is 0 Å². The predicted octanol–water partition coefficient (Wildman–Crippen LogP) is 3.14. The fraction of sp³-hybridized carbons (Fsp3) is 0.100. The van der Waals surface area contributed by atoms with Crippen molar-refractivity contribution in [3.8, 4) is 0 Å². The number of nitrogens with one attached hydrogen (secondary N) is 1. The highest BCUT2D eigenvalue weighted by Gasteiger charge is 2.09. The van der Waals surface area contributed by atoms with Gasteiger partial charge < -0.3 is 4.98 Å². The van der Waals surface area contributed by atoms with E-state index < -0.39 is 0 Å². The van der Waals surface area contributed by atoms with Gasteiger partial charge in [-0.1, -0.05) is 23.2 Å². The number of aromatic amines is 1. The van der Waals surface area contributed by atoms with Gasteiger partial charge in [-0.25, -0.2) is 0 Å². The summed E-state index contributed by atoms with van der Waals surface area (Å²) in [4.78, 5) is 14.5. The van der Waals surface area contributed by atoms with Crippen LogP contribution in [-0.2, 0) is 0 Å². The zero-order valence-corrected chi connectivity index (χ0v) is 8.91. The standard InChI is InChI=1S/C10H7Cl2NO/c1-5-4-6(11)10-8(9(5)12)7(14)2-3-13-10/h2-4H,1H3,(H,13,14). The zero-order chi connectivity index (χ0) is 10.3. The predicted molar refractivity (Wildman–Crippen MR) is 59.3 cm³/mol. The van der Waals surface area contributed by atoms with Crippen LogP contribution in [0.4, 0.5) is 0 Å². The lowest BCUT2D eigenvalue weighted by atomic mass is 10.1. The molecule has 0 aliphatic carbocycles. The van der Waals surface area contributed by atoms with Gasteiger partial charge in [0, 0.05) is 12.3 Å². The highest BCUT2D eigenvalue weighted by atomic mass is 35.5. The molecule has 2 aromatic rings. The van der Waals surface area contributed by atoms with Gasteiger partial charge in [-0.15, -0.1) is 0 Å². The van der Waals surface area contributed by atoms with Crippen LogP contribution in [0.15, 0.2) is 23.1 Å². The van der Waals surface area contributed by atoms with Crippen molar-refractivity contribution >= 4 is 34.1 Å². The number of hydrogen-bond donors (Lipinski definition) is 1. The Morgan fingerprint density at radius 3 is 2.79 bits per heavy atom. The average Bonchev–Trinajstić information content (AvgIpc) is 2.14. The van der Waals surface area contributed by atoms with E-state index in [1.54, 1.807) is 12.3 Å². The van der Waals surface area contributed by atoms with E-state index in [2.05, 4.69) is 4.98 Å². The number of benzene rings is 1. The summed E-state index contributed by atoms with van der Waals surface area (Å²) in [5, 5.41) is 1.44. The quantitative estimate of drug-likeness (QED) is 0.738. The summed E-state index contributed by atoms with van der Waals surface area (Å²) in [6.07, 6.45) is 1.56. The van der Waals surface area contributed by atoms with Crippen molar-refractivity contribution < 1.29 is 0 Å². The van der Waals surface area contributed by atoms with Crippen LogP contribution < -0.4 is 5.43 Å². The molecule has 0 aliphatic rings. The number of pyridine rings is 1. The zero-order valence-electron chi connectivity index (χ0n) is 7.40. The van der Waals surface area contributed by atoms with E-state index >= 15 is 0 Å². The Morgan fingerprint density at radius 2 is 2.07 bits per heavy atom. The Kier molecular flexibility index (Phi) is 2.25. The summed E-state index contributed by atoms with van der Waals surface area (Å²) < 4.78 is 0. The lowest BCUT2D eigenvalue weighted by Crippen LogP contribution is -2.02. The second-order valence-electron chi connectivity index (χ2n) is 3.08. The fourth-order valence-corrected chi connectivity index (χ4v) is 1.96. The maximum atomic E-state index is 11.5. The number of fused-ring (bicyclic) bond motifs is 1. The molecule has 0 saturated carbocycles. The summed E-state index contributed by atoms with van der Waals surface area (Å²) in [7, 11) is 0. The molecule has 4 heteroatoms. The molecule has 0 unspecified atom stereocenters. The van der Waals surface area contributed by atoms with Gasteiger partial charge in [0.15, 0.2) is 5.43 Å².